The zero-order valence-electron chi connectivity index (χ0n) is 10.8. The highest BCUT2D eigenvalue weighted by molar-refractivity contribution is 9.10. The largest absolute Gasteiger partial charge is 0.389 e. The van der Waals surface area contributed by atoms with Crippen molar-refractivity contribution in [1.82, 2.24) is 0 Å². The minimum absolute atomic E-state index is 0.440. The van der Waals surface area contributed by atoms with Gasteiger partial charge in [0.2, 0.25) is 0 Å². The standard InChI is InChI=1S/C14H19BrN2S/c1-3-10-5-4-9(2)17(10)11-6-7-12(14(16)18)13(15)8-11/h6-10H,3-5H2,1-2H3,(H2,16,18). The van der Waals surface area contributed by atoms with Gasteiger partial charge < -0.3 is 10.6 Å². The lowest BCUT2D eigenvalue weighted by atomic mass is 10.1. The summed E-state index contributed by atoms with van der Waals surface area (Å²) in [5.41, 5.74) is 7.86. The molecule has 2 atom stereocenters. The number of nitrogens with two attached hydrogens (primary N) is 1. The highest BCUT2D eigenvalue weighted by atomic mass is 79.9. The highest BCUT2D eigenvalue weighted by Gasteiger charge is 2.29. The third-order valence-corrected chi connectivity index (χ3v) is 4.65. The predicted octanol–water partition coefficient (Wildman–Crippen LogP) is 3.85. The maximum absolute atomic E-state index is 5.69. The van der Waals surface area contributed by atoms with E-state index in [-0.39, 0.29) is 0 Å². The summed E-state index contributed by atoms with van der Waals surface area (Å²) in [7, 11) is 0. The number of hydrogen-bond acceptors (Lipinski definition) is 2. The van der Waals surface area contributed by atoms with Gasteiger partial charge in [-0.15, -0.1) is 0 Å². The van der Waals surface area contributed by atoms with Crippen molar-refractivity contribution in [3.8, 4) is 0 Å². The Morgan fingerprint density at radius 2 is 2.22 bits per heavy atom. The van der Waals surface area contributed by atoms with Gasteiger partial charge in [0.15, 0.2) is 0 Å². The second kappa shape index (κ2) is 5.57. The first-order chi connectivity index (χ1) is 8.54. The SMILES string of the molecule is CCC1CCC(C)N1c1ccc(C(N)=S)c(Br)c1. The van der Waals surface area contributed by atoms with E-state index in [0.717, 1.165) is 10.0 Å². The molecular formula is C14H19BrN2S. The average molecular weight is 327 g/mol. The van der Waals surface area contributed by atoms with E-state index in [4.69, 9.17) is 18.0 Å². The topological polar surface area (TPSA) is 29.3 Å². The quantitative estimate of drug-likeness (QED) is 0.855. The van der Waals surface area contributed by atoms with Crippen molar-refractivity contribution in [2.45, 2.75) is 45.2 Å². The van der Waals surface area contributed by atoms with E-state index >= 15 is 0 Å². The molecule has 0 bridgehead atoms. The monoisotopic (exact) mass is 326 g/mol. The third-order valence-electron chi connectivity index (χ3n) is 3.77. The summed E-state index contributed by atoms with van der Waals surface area (Å²) >= 11 is 8.59. The number of benzene rings is 1. The fraction of sp³-hybridized carbons (Fsp3) is 0.500. The smallest absolute Gasteiger partial charge is 0.105 e. The van der Waals surface area contributed by atoms with Gasteiger partial charge in [-0.2, -0.15) is 0 Å². The normalized spacial score (nSPS) is 23.4. The number of rotatable bonds is 3. The molecule has 4 heteroatoms. The molecule has 0 saturated carbocycles. The number of nitrogens with zero attached hydrogens (tertiary/aromatic N) is 1. The fourth-order valence-corrected chi connectivity index (χ4v) is 3.69. The van der Waals surface area contributed by atoms with Crippen LogP contribution in [0.1, 0.15) is 38.7 Å². The molecule has 0 radical (unpaired) electrons. The van der Waals surface area contributed by atoms with Crippen LogP contribution in [0.3, 0.4) is 0 Å². The van der Waals surface area contributed by atoms with Crippen LogP contribution in [0.4, 0.5) is 5.69 Å². The minimum Gasteiger partial charge on any atom is -0.389 e. The molecule has 0 aliphatic carbocycles. The van der Waals surface area contributed by atoms with E-state index in [2.05, 4.69) is 46.8 Å². The Kier molecular flexibility index (Phi) is 4.28. The van der Waals surface area contributed by atoms with Gasteiger partial charge in [0.1, 0.15) is 4.99 Å². The van der Waals surface area contributed by atoms with Crippen LogP contribution < -0.4 is 10.6 Å². The molecular weight excluding hydrogens is 308 g/mol. The molecule has 1 heterocycles. The van der Waals surface area contributed by atoms with Crippen LogP contribution in [0.2, 0.25) is 0 Å². The van der Waals surface area contributed by atoms with Crippen molar-refractivity contribution in [1.29, 1.82) is 0 Å². The predicted molar refractivity (Wildman–Crippen MR) is 85.3 cm³/mol. The number of anilines is 1. The summed E-state index contributed by atoms with van der Waals surface area (Å²) in [6.45, 7) is 4.55. The van der Waals surface area contributed by atoms with Crippen LogP contribution in [-0.4, -0.2) is 17.1 Å². The van der Waals surface area contributed by atoms with Crippen LogP contribution in [0.5, 0.6) is 0 Å². The van der Waals surface area contributed by atoms with Crippen molar-refractivity contribution in [2.75, 3.05) is 4.90 Å². The molecule has 1 aromatic carbocycles. The van der Waals surface area contributed by atoms with E-state index in [1.54, 1.807) is 0 Å². The Labute approximate surface area is 123 Å². The lowest BCUT2D eigenvalue weighted by Crippen LogP contribution is -2.34. The fourth-order valence-electron chi connectivity index (χ4n) is 2.80. The summed E-state index contributed by atoms with van der Waals surface area (Å²) in [5, 5.41) is 0. The second-order valence-corrected chi connectivity index (χ2v) is 6.22. The molecule has 18 heavy (non-hydrogen) atoms. The maximum Gasteiger partial charge on any atom is 0.105 e. The number of hydrogen-bond donors (Lipinski definition) is 1. The van der Waals surface area contributed by atoms with E-state index < -0.39 is 0 Å². The molecule has 1 saturated heterocycles. The van der Waals surface area contributed by atoms with Crippen molar-refractivity contribution < 1.29 is 0 Å². The Hall–Kier alpha value is -0.610. The zero-order chi connectivity index (χ0) is 13.3. The molecule has 2 nitrogen and oxygen atoms in total. The Balaban J connectivity index is 2.33. The van der Waals surface area contributed by atoms with Gasteiger partial charge in [0, 0.05) is 27.8 Å². The molecule has 0 spiro atoms. The van der Waals surface area contributed by atoms with Gasteiger partial charge in [0.05, 0.1) is 0 Å². The lowest BCUT2D eigenvalue weighted by Gasteiger charge is -2.30. The zero-order valence-corrected chi connectivity index (χ0v) is 13.2. The first-order valence-electron chi connectivity index (χ1n) is 6.42. The van der Waals surface area contributed by atoms with Crippen LogP contribution in [-0.2, 0) is 0 Å². The van der Waals surface area contributed by atoms with Crippen LogP contribution in [0.15, 0.2) is 22.7 Å². The van der Waals surface area contributed by atoms with Crippen molar-refractivity contribution in [2.24, 2.45) is 5.73 Å². The molecule has 2 unspecified atom stereocenters. The molecule has 1 aromatic rings. The van der Waals surface area contributed by atoms with Gasteiger partial charge in [-0.25, -0.2) is 0 Å². The van der Waals surface area contributed by atoms with Crippen LogP contribution >= 0.6 is 28.1 Å². The summed E-state index contributed by atoms with van der Waals surface area (Å²) < 4.78 is 0.987. The molecule has 1 aliphatic rings. The Morgan fingerprint density at radius 3 is 2.78 bits per heavy atom. The van der Waals surface area contributed by atoms with Crippen molar-refractivity contribution >= 4 is 38.8 Å². The van der Waals surface area contributed by atoms with E-state index in [1.807, 2.05) is 6.07 Å². The summed E-state index contributed by atoms with van der Waals surface area (Å²) in [6.07, 6.45) is 3.75. The molecule has 1 aliphatic heterocycles. The number of halogens is 1. The summed E-state index contributed by atoms with van der Waals surface area (Å²) in [6, 6.07) is 7.54. The lowest BCUT2D eigenvalue weighted by molar-refractivity contribution is 0.628. The molecule has 0 amide bonds. The van der Waals surface area contributed by atoms with E-state index in [0.29, 0.717) is 17.1 Å². The summed E-state index contributed by atoms with van der Waals surface area (Å²) in [5.74, 6) is 0. The third kappa shape index (κ3) is 2.54. The van der Waals surface area contributed by atoms with Crippen LogP contribution in [0.25, 0.3) is 0 Å². The van der Waals surface area contributed by atoms with Gasteiger partial charge >= 0.3 is 0 Å². The van der Waals surface area contributed by atoms with Gasteiger partial charge in [-0.3, -0.25) is 0 Å². The molecule has 2 N–H and O–H groups in total. The first kappa shape index (κ1) is 13.8. The van der Waals surface area contributed by atoms with Crippen LogP contribution in [0, 0.1) is 0 Å². The van der Waals surface area contributed by atoms with Gasteiger partial charge in [0.25, 0.3) is 0 Å². The first-order valence-corrected chi connectivity index (χ1v) is 7.62. The van der Waals surface area contributed by atoms with Gasteiger partial charge in [-0.1, -0.05) is 19.1 Å². The minimum atomic E-state index is 0.440. The molecule has 0 aromatic heterocycles. The van der Waals surface area contributed by atoms with Crippen molar-refractivity contribution in [3.63, 3.8) is 0 Å². The molecule has 2 rings (SSSR count). The molecule has 98 valence electrons. The highest BCUT2D eigenvalue weighted by Crippen LogP contribution is 2.34. The average Bonchev–Trinajstić information content (AvgIpc) is 2.69. The molecule has 1 fully saturated rings. The Morgan fingerprint density at radius 1 is 1.50 bits per heavy atom. The van der Waals surface area contributed by atoms with Gasteiger partial charge in [-0.05, 0) is 60.3 Å². The number of thiocarbonyl (C=S) groups is 1. The summed E-state index contributed by atoms with van der Waals surface area (Å²) in [4.78, 5) is 2.96. The maximum atomic E-state index is 5.69. The van der Waals surface area contributed by atoms with E-state index in [1.165, 1.54) is 24.9 Å². The van der Waals surface area contributed by atoms with Crippen molar-refractivity contribution in [3.05, 3.63) is 28.2 Å². The second-order valence-electron chi connectivity index (χ2n) is 4.92. The van der Waals surface area contributed by atoms with E-state index in [9.17, 15) is 0 Å². The Bertz CT molecular complexity index is 461.